The van der Waals surface area contributed by atoms with E-state index in [2.05, 4.69) is 30.9 Å². The lowest BCUT2D eigenvalue weighted by molar-refractivity contribution is 0.387. The molecule has 1 aromatic rings. The van der Waals surface area contributed by atoms with E-state index in [1.807, 2.05) is 19.9 Å². The maximum Gasteiger partial charge on any atom is 0.250 e. The Kier molecular flexibility index (Phi) is 2.55. The third-order valence-electron chi connectivity index (χ3n) is 1.52. The number of hydrogen-bond acceptors (Lipinski definition) is 3. The number of rotatable bonds is 1. The predicted molar refractivity (Wildman–Crippen MR) is 52.3 cm³/mol. The topological polar surface area (TPSA) is 38.9 Å². The molecule has 0 aliphatic heterocycles. The van der Waals surface area contributed by atoms with Gasteiger partial charge in [0, 0.05) is 11.5 Å². The third kappa shape index (κ3) is 2.68. The van der Waals surface area contributed by atoms with E-state index in [1.165, 1.54) is 0 Å². The van der Waals surface area contributed by atoms with Gasteiger partial charge in [0.15, 0.2) is 5.82 Å². The molecule has 3 nitrogen and oxygen atoms in total. The number of allylic oxidation sites excluding steroid dienone is 1. The summed E-state index contributed by atoms with van der Waals surface area (Å²) in [6, 6.07) is 0. The lowest BCUT2D eigenvalue weighted by Gasteiger charge is -2.10. The van der Waals surface area contributed by atoms with Crippen molar-refractivity contribution >= 4 is 6.08 Å². The Morgan fingerprint density at radius 3 is 2.31 bits per heavy atom. The van der Waals surface area contributed by atoms with Gasteiger partial charge in [0.1, 0.15) is 0 Å². The van der Waals surface area contributed by atoms with Gasteiger partial charge in [-0.1, -0.05) is 31.5 Å². The molecule has 0 radical (unpaired) electrons. The molecule has 0 bridgehead atoms. The first-order chi connectivity index (χ1) is 5.89. The molecule has 0 saturated heterocycles. The monoisotopic (exact) mass is 180 g/mol. The lowest BCUT2D eigenvalue weighted by atomic mass is 9.96. The molecule has 0 N–H and O–H groups in total. The summed E-state index contributed by atoms with van der Waals surface area (Å²) in [7, 11) is 0. The minimum atomic E-state index is -0.0444. The van der Waals surface area contributed by atoms with Crippen LogP contribution in [0.4, 0.5) is 0 Å². The van der Waals surface area contributed by atoms with E-state index >= 15 is 0 Å². The first-order valence-electron chi connectivity index (χ1n) is 4.38. The molecule has 0 unspecified atom stereocenters. The molecule has 72 valence electrons. The van der Waals surface area contributed by atoms with Crippen LogP contribution in [0.25, 0.3) is 6.08 Å². The second-order valence-electron chi connectivity index (χ2n) is 4.43. The predicted octanol–water partition coefficient (Wildman–Crippen LogP) is 2.79. The lowest BCUT2D eigenvalue weighted by Crippen LogP contribution is -2.13. The van der Waals surface area contributed by atoms with Crippen LogP contribution in [0.3, 0.4) is 0 Å². The van der Waals surface area contributed by atoms with Crippen molar-refractivity contribution in [3.05, 3.63) is 17.3 Å². The molecule has 0 saturated carbocycles. The molecule has 0 fully saturated rings. The Morgan fingerprint density at radius 1 is 1.31 bits per heavy atom. The van der Waals surface area contributed by atoms with Crippen LogP contribution in [-0.2, 0) is 5.41 Å². The van der Waals surface area contributed by atoms with Crippen molar-refractivity contribution in [2.45, 2.75) is 40.0 Å². The van der Waals surface area contributed by atoms with Crippen molar-refractivity contribution < 1.29 is 4.52 Å². The normalized spacial score (nSPS) is 11.5. The first kappa shape index (κ1) is 9.96. The van der Waals surface area contributed by atoms with Gasteiger partial charge < -0.3 is 4.52 Å². The van der Waals surface area contributed by atoms with Gasteiger partial charge in [-0.3, -0.25) is 0 Å². The molecular formula is C10H16N2O. The Bertz CT molecular complexity index is 314. The summed E-state index contributed by atoms with van der Waals surface area (Å²) >= 11 is 0. The molecular weight excluding hydrogens is 164 g/mol. The Labute approximate surface area is 78.8 Å². The number of hydrogen-bond donors (Lipinski definition) is 0. The van der Waals surface area contributed by atoms with Crippen LogP contribution in [0.5, 0.6) is 0 Å². The van der Waals surface area contributed by atoms with Gasteiger partial charge >= 0.3 is 0 Å². The highest BCUT2D eigenvalue weighted by molar-refractivity contribution is 5.41. The van der Waals surface area contributed by atoms with Crippen molar-refractivity contribution in [1.82, 2.24) is 10.1 Å². The van der Waals surface area contributed by atoms with E-state index in [0.717, 1.165) is 11.4 Å². The number of aromatic nitrogens is 2. The van der Waals surface area contributed by atoms with Crippen LogP contribution >= 0.6 is 0 Å². The maximum atomic E-state index is 5.06. The summed E-state index contributed by atoms with van der Waals surface area (Å²) in [5.41, 5.74) is 1.11. The smallest absolute Gasteiger partial charge is 0.250 e. The second kappa shape index (κ2) is 3.32. The standard InChI is InChI=1S/C10H16N2O/c1-7(2)6-8-11-9(12-13-8)10(3,4)5/h6H,1-5H3. The van der Waals surface area contributed by atoms with E-state index in [4.69, 9.17) is 4.52 Å². The molecule has 1 aromatic heterocycles. The third-order valence-corrected chi connectivity index (χ3v) is 1.52. The van der Waals surface area contributed by atoms with Crippen LogP contribution in [0.1, 0.15) is 46.3 Å². The highest BCUT2D eigenvalue weighted by atomic mass is 16.5. The summed E-state index contributed by atoms with van der Waals surface area (Å²) in [5, 5.41) is 3.91. The van der Waals surface area contributed by atoms with Gasteiger partial charge in [0.05, 0.1) is 0 Å². The van der Waals surface area contributed by atoms with E-state index in [0.29, 0.717) is 5.89 Å². The quantitative estimate of drug-likeness (QED) is 0.667. The van der Waals surface area contributed by atoms with E-state index in [1.54, 1.807) is 0 Å². The van der Waals surface area contributed by atoms with Crippen molar-refractivity contribution in [1.29, 1.82) is 0 Å². The Balaban J connectivity index is 2.94. The molecule has 1 heterocycles. The largest absolute Gasteiger partial charge is 0.335 e. The molecule has 0 amide bonds. The van der Waals surface area contributed by atoms with Gasteiger partial charge in [0.25, 0.3) is 5.89 Å². The first-order valence-corrected chi connectivity index (χ1v) is 4.38. The van der Waals surface area contributed by atoms with Crippen LogP contribution in [0, 0.1) is 0 Å². The van der Waals surface area contributed by atoms with Crippen LogP contribution in [0.2, 0.25) is 0 Å². The maximum absolute atomic E-state index is 5.06. The Morgan fingerprint density at radius 2 is 1.92 bits per heavy atom. The SMILES string of the molecule is CC(C)=Cc1nc(C(C)(C)C)no1. The molecule has 1 rings (SSSR count). The van der Waals surface area contributed by atoms with Gasteiger partial charge in [-0.2, -0.15) is 4.98 Å². The van der Waals surface area contributed by atoms with Crippen molar-refractivity contribution in [2.75, 3.05) is 0 Å². The summed E-state index contributed by atoms with van der Waals surface area (Å²) < 4.78 is 5.06. The minimum Gasteiger partial charge on any atom is -0.335 e. The molecule has 3 heteroatoms. The molecule has 0 spiro atoms. The van der Waals surface area contributed by atoms with Crippen molar-refractivity contribution in [3.8, 4) is 0 Å². The summed E-state index contributed by atoms with van der Waals surface area (Å²) in [6.07, 6.45) is 1.88. The second-order valence-corrected chi connectivity index (χ2v) is 4.43. The fraction of sp³-hybridized carbons (Fsp3) is 0.600. The zero-order valence-electron chi connectivity index (χ0n) is 8.88. The van der Waals surface area contributed by atoms with Crippen LogP contribution < -0.4 is 0 Å². The fourth-order valence-corrected chi connectivity index (χ4v) is 0.845. The van der Waals surface area contributed by atoms with Crippen molar-refractivity contribution in [2.24, 2.45) is 0 Å². The average Bonchev–Trinajstić information content (AvgIpc) is 2.32. The summed E-state index contributed by atoms with van der Waals surface area (Å²) in [6.45, 7) is 10.2. The van der Waals surface area contributed by atoms with Crippen LogP contribution in [0.15, 0.2) is 10.1 Å². The Hall–Kier alpha value is -1.12. The molecule has 0 aliphatic rings. The van der Waals surface area contributed by atoms with Gasteiger partial charge in [-0.15, -0.1) is 0 Å². The van der Waals surface area contributed by atoms with Crippen LogP contribution in [-0.4, -0.2) is 10.1 Å². The summed E-state index contributed by atoms with van der Waals surface area (Å²) in [5.74, 6) is 1.34. The highest BCUT2D eigenvalue weighted by Gasteiger charge is 2.20. The van der Waals surface area contributed by atoms with Gasteiger partial charge in [0.2, 0.25) is 0 Å². The van der Waals surface area contributed by atoms with Gasteiger partial charge in [-0.05, 0) is 13.8 Å². The fourth-order valence-electron chi connectivity index (χ4n) is 0.845. The summed E-state index contributed by atoms with van der Waals surface area (Å²) in [4.78, 5) is 4.27. The highest BCUT2D eigenvalue weighted by Crippen LogP contribution is 2.18. The molecule has 0 aromatic carbocycles. The van der Waals surface area contributed by atoms with Gasteiger partial charge in [-0.25, -0.2) is 0 Å². The van der Waals surface area contributed by atoms with E-state index in [-0.39, 0.29) is 5.41 Å². The minimum absolute atomic E-state index is 0.0444. The number of nitrogens with zero attached hydrogens (tertiary/aromatic N) is 2. The molecule has 0 atom stereocenters. The zero-order chi connectivity index (χ0) is 10.1. The van der Waals surface area contributed by atoms with E-state index < -0.39 is 0 Å². The van der Waals surface area contributed by atoms with E-state index in [9.17, 15) is 0 Å². The molecule has 13 heavy (non-hydrogen) atoms. The van der Waals surface area contributed by atoms with Crippen molar-refractivity contribution in [3.63, 3.8) is 0 Å². The molecule has 0 aliphatic carbocycles. The average molecular weight is 180 g/mol. The zero-order valence-corrected chi connectivity index (χ0v) is 8.88.